The van der Waals surface area contributed by atoms with Crippen LogP contribution in [0, 0.1) is 0 Å². The Morgan fingerprint density at radius 2 is 1.77 bits per heavy atom. The van der Waals surface area contributed by atoms with Crippen molar-refractivity contribution in [2.75, 3.05) is 6.61 Å². The Kier molecular flexibility index (Phi) is 9.93. The lowest BCUT2D eigenvalue weighted by atomic mass is 9.99. The van der Waals surface area contributed by atoms with Crippen LogP contribution in [-0.2, 0) is 4.74 Å². The van der Waals surface area contributed by atoms with Crippen LogP contribution < -0.4 is 15.1 Å². The van der Waals surface area contributed by atoms with E-state index in [0.29, 0.717) is 0 Å². The SMILES string of the molecule is CCCCCCCC/C=C/Oc1c(O)c2ccc(OC3O[C@H](CO)[C@H](O)[C@H](O)[C@H]3O)cc2oc1=O. The number of aliphatic hydroxyl groups excluding tert-OH is 4. The molecular formula is C25H34O10. The van der Waals surface area contributed by atoms with Gasteiger partial charge < -0.3 is 44.2 Å². The van der Waals surface area contributed by atoms with Crippen molar-refractivity contribution >= 4 is 11.0 Å². The van der Waals surface area contributed by atoms with Crippen LogP contribution in [0.1, 0.15) is 51.9 Å². The Bertz CT molecular complexity index is 1030. The largest absolute Gasteiger partial charge is 0.504 e. The first-order valence-corrected chi connectivity index (χ1v) is 12.0. The van der Waals surface area contributed by atoms with Gasteiger partial charge in [0.1, 0.15) is 35.7 Å². The molecule has 2 heterocycles. The van der Waals surface area contributed by atoms with E-state index in [1.54, 1.807) is 6.08 Å². The minimum Gasteiger partial charge on any atom is -0.504 e. The standard InChI is InChI=1S/C25H34O10/c1-2-3-4-5-6-7-8-9-12-32-23-19(27)16-11-10-15(13-17(16)34-24(23)31)33-25-22(30)21(29)20(28)18(14-26)35-25/h9-13,18,20-22,25-30H,2-8,14H2,1H3/b12-9+/t18-,20+,21+,22-,25?/m1/s1. The van der Waals surface area contributed by atoms with Gasteiger partial charge in [-0.2, -0.15) is 0 Å². The summed E-state index contributed by atoms with van der Waals surface area (Å²) in [7, 11) is 0. The molecule has 0 spiro atoms. The van der Waals surface area contributed by atoms with Gasteiger partial charge in [0.25, 0.3) is 5.75 Å². The van der Waals surface area contributed by atoms with Gasteiger partial charge in [-0.05, 0) is 31.1 Å². The zero-order valence-corrected chi connectivity index (χ0v) is 19.7. The Morgan fingerprint density at radius 3 is 2.51 bits per heavy atom. The third-order valence-electron chi connectivity index (χ3n) is 5.92. The summed E-state index contributed by atoms with van der Waals surface area (Å²) in [6, 6.07) is 4.16. The van der Waals surface area contributed by atoms with Gasteiger partial charge in [0.15, 0.2) is 5.75 Å². The maximum Gasteiger partial charge on any atom is 0.383 e. The summed E-state index contributed by atoms with van der Waals surface area (Å²) in [5, 5.41) is 49.9. The van der Waals surface area contributed by atoms with E-state index in [4.69, 9.17) is 18.6 Å². The van der Waals surface area contributed by atoms with E-state index in [1.165, 1.54) is 50.1 Å². The van der Waals surface area contributed by atoms with E-state index in [0.717, 1.165) is 19.3 Å². The molecule has 1 aliphatic heterocycles. The maximum atomic E-state index is 12.4. The number of benzene rings is 1. The number of hydrogen-bond acceptors (Lipinski definition) is 10. The lowest BCUT2D eigenvalue weighted by Gasteiger charge is -2.39. The Labute approximate surface area is 203 Å². The third-order valence-corrected chi connectivity index (χ3v) is 5.92. The van der Waals surface area contributed by atoms with Crippen molar-refractivity contribution in [1.29, 1.82) is 0 Å². The second-order valence-electron chi connectivity index (χ2n) is 8.59. The van der Waals surface area contributed by atoms with Crippen LogP contribution in [0.5, 0.6) is 17.2 Å². The molecule has 35 heavy (non-hydrogen) atoms. The topological polar surface area (TPSA) is 159 Å². The number of hydrogen-bond donors (Lipinski definition) is 5. The summed E-state index contributed by atoms with van der Waals surface area (Å²) in [6.45, 7) is 1.58. The summed E-state index contributed by atoms with van der Waals surface area (Å²) in [5.41, 5.74) is -0.887. The Hall–Kier alpha value is -2.63. The molecule has 10 nitrogen and oxygen atoms in total. The van der Waals surface area contributed by atoms with Crippen LogP contribution in [0.25, 0.3) is 11.0 Å². The van der Waals surface area contributed by atoms with E-state index in [9.17, 15) is 30.3 Å². The number of ether oxygens (including phenoxy) is 3. The average Bonchev–Trinajstić information content (AvgIpc) is 2.84. The molecule has 2 aromatic rings. The first kappa shape index (κ1) is 27.0. The van der Waals surface area contributed by atoms with Crippen LogP contribution in [0.4, 0.5) is 0 Å². The summed E-state index contributed by atoms with van der Waals surface area (Å²) >= 11 is 0. The van der Waals surface area contributed by atoms with Gasteiger partial charge >= 0.3 is 5.63 Å². The summed E-state index contributed by atoms with van der Waals surface area (Å²) < 4.78 is 21.4. The molecule has 1 unspecified atom stereocenters. The molecule has 5 N–H and O–H groups in total. The summed E-state index contributed by atoms with van der Waals surface area (Å²) in [4.78, 5) is 12.4. The van der Waals surface area contributed by atoms with Gasteiger partial charge in [0.2, 0.25) is 6.29 Å². The fraction of sp³-hybridized carbons (Fsp3) is 0.560. The molecule has 0 aliphatic carbocycles. The van der Waals surface area contributed by atoms with Crippen LogP contribution >= 0.6 is 0 Å². The van der Waals surface area contributed by atoms with Gasteiger partial charge in [-0.25, -0.2) is 4.79 Å². The van der Waals surface area contributed by atoms with Gasteiger partial charge in [0.05, 0.1) is 18.3 Å². The minimum absolute atomic E-state index is 0.00185. The monoisotopic (exact) mass is 494 g/mol. The van der Waals surface area contributed by atoms with Gasteiger partial charge in [-0.15, -0.1) is 0 Å². The molecule has 1 saturated heterocycles. The summed E-state index contributed by atoms with van der Waals surface area (Å²) in [5.74, 6) is -0.629. The van der Waals surface area contributed by atoms with Crippen molar-refractivity contribution in [1.82, 2.24) is 0 Å². The molecule has 1 aliphatic rings. The highest BCUT2D eigenvalue weighted by molar-refractivity contribution is 5.86. The van der Waals surface area contributed by atoms with E-state index in [-0.39, 0.29) is 28.2 Å². The molecule has 0 saturated carbocycles. The van der Waals surface area contributed by atoms with E-state index in [2.05, 4.69) is 6.92 Å². The number of fused-ring (bicyclic) bond motifs is 1. The number of aliphatic hydroxyl groups is 4. The molecule has 5 atom stereocenters. The number of allylic oxidation sites excluding steroid dienone is 1. The molecule has 1 aromatic carbocycles. The Morgan fingerprint density at radius 1 is 1.03 bits per heavy atom. The normalized spacial score (nSPS) is 24.8. The second kappa shape index (κ2) is 12.9. The van der Waals surface area contributed by atoms with Crippen LogP contribution in [-0.4, -0.2) is 62.8 Å². The highest BCUT2D eigenvalue weighted by Crippen LogP contribution is 2.34. The highest BCUT2D eigenvalue weighted by Gasteiger charge is 2.44. The van der Waals surface area contributed by atoms with Crippen LogP contribution in [0.2, 0.25) is 0 Å². The number of unbranched alkanes of at least 4 members (excludes halogenated alkanes) is 6. The fourth-order valence-electron chi connectivity index (χ4n) is 3.85. The predicted octanol–water partition coefficient (Wildman–Crippen LogP) is 2.32. The first-order chi connectivity index (χ1) is 16.9. The van der Waals surface area contributed by atoms with Crippen molar-refractivity contribution < 1.29 is 44.2 Å². The minimum atomic E-state index is -1.60. The number of rotatable bonds is 12. The first-order valence-electron chi connectivity index (χ1n) is 12.0. The molecule has 1 aromatic heterocycles. The zero-order valence-electron chi connectivity index (χ0n) is 19.7. The van der Waals surface area contributed by atoms with Gasteiger partial charge in [0, 0.05) is 6.07 Å². The lowest BCUT2D eigenvalue weighted by Crippen LogP contribution is -2.60. The van der Waals surface area contributed by atoms with Gasteiger partial charge in [-0.1, -0.05) is 39.0 Å². The van der Waals surface area contributed by atoms with Crippen molar-refractivity contribution in [2.45, 2.75) is 82.6 Å². The molecule has 1 fully saturated rings. The molecule has 3 rings (SSSR count). The molecule has 0 amide bonds. The predicted molar refractivity (Wildman–Crippen MR) is 126 cm³/mol. The summed E-state index contributed by atoms with van der Waals surface area (Å²) in [6.07, 6.45) is 3.74. The molecular weight excluding hydrogens is 460 g/mol. The van der Waals surface area contributed by atoms with E-state index in [1.807, 2.05) is 0 Å². The zero-order chi connectivity index (χ0) is 25.4. The molecule has 10 heteroatoms. The van der Waals surface area contributed by atoms with Gasteiger partial charge in [-0.3, -0.25) is 0 Å². The molecule has 194 valence electrons. The van der Waals surface area contributed by atoms with E-state index >= 15 is 0 Å². The maximum absolute atomic E-state index is 12.4. The van der Waals surface area contributed by atoms with Crippen molar-refractivity contribution in [2.24, 2.45) is 0 Å². The lowest BCUT2D eigenvalue weighted by molar-refractivity contribution is -0.277. The van der Waals surface area contributed by atoms with Crippen LogP contribution in [0.15, 0.2) is 39.7 Å². The third kappa shape index (κ3) is 6.74. The van der Waals surface area contributed by atoms with Crippen molar-refractivity contribution in [3.8, 4) is 17.2 Å². The molecule has 0 bridgehead atoms. The van der Waals surface area contributed by atoms with Crippen LogP contribution in [0.3, 0.4) is 0 Å². The smallest absolute Gasteiger partial charge is 0.383 e. The van der Waals surface area contributed by atoms with E-state index < -0.39 is 42.9 Å². The second-order valence-corrected chi connectivity index (χ2v) is 8.59. The highest BCUT2D eigenvalue weighted by atomic mass is 16.7. The Balaban J connectivity index is 1.65. The average molecular weight is 495 g/mol. The quantitative estimate of drug-likeness (QED) is 0.168. The van der Waals surface area contributed by atoms with Crippen molar-refractivity contribution in [3.63, 3.8) is 0 Å². The fourth-order valence-corrected chi connectivity index (χ4v) is 3.85. The molecule has 0 radical (unpaired) electrons. The number of aromatic hydroxyl groups is 1. The van der Waals surface area contributed by atoms with Crippen molar-refractivity contribution in [3.05, 3.63) is 41.0 Å².